The Morgan fingerprint density at radius 1 is 1.19 bits per heavy atom. The minimum Gasteiger partial charge on any atom is -0.478 e. The number of hydrogen-bond acceptors (Lipinski definition) is 2. The molecule has 0 atom stereocenters. The van der Waals surface area contributed by atoms with Gasteiger partial charge >= 0.3 is 5.97 Å². The maximum atomic E-state index is 10.7. The van der Waals surface area contributed by atoms with Gasteiger partial charge in [-0.25, -0.2) is 4.79 Å². The Kier molecular flexibility index (Phi) is 4.81. The molecule has 0 amide bonds. The zero-order chi connectivity index (χ0) is 15.4. The first-order valence-electron chi connectivity index (χ1n) is 6.42. The second-order valence-corrected chi connectivity index (χ2v) is 5.59. The van der Waals surface area contributed by atoms with Crippen LogP contribution in [0.25, 0.3) is 6.08 Å². The third-order valence-electron chi connectivity index (χ3n) is 3.00. The van der Waals surface area contributed by atoms with E-state index in [1.54, 1.807) is 0 Å². The highest BCUT2D eigenvalue weighted by atomic mass is 79.9. The summed E-state index contributed by atoms with van der Waals surface area (Å²) in [6, 6.07) is 11.4. The summed E-state index contributed by atoms with van der Waals surface area (Å²) in [6.45, 7) is 3.96. The van der Waals surface area contributed by atoms with Gasteiger partial charge in [0.2, 0.25) is 0 Å². The lowest BCUT2D eigenvalue weighted by Gasteiger charge is -2.14. The average Bonchev–Trinajstić information content (AvgIpc) is 2.42. The summed E-state index contributed by atoms with van der Waals surface area (Å²) in [6.07, 6.45) is 2.62. The highest BCUT2D eigenvalue weighted by Crippen LogP contribution is 2.33. The molecule has 0 unspecified atom stereocenters. The van der Waals surface area contributed by atoms with Crippen molar-refractivity contribution in [3.8, 4) is 11.5 Å². The number of carbonyl (C=O) groups is 1. The van der Waals surface area contributed by atoms with Crippen LogP contribution in [-0.4, -0.2) is 11.1 Å². The molecule has 3 nitrogen and oxygen atoms in total. The molecule has 2 rings (SSSR count). The van der Waals surface area contributed by atoms with E-state index in [0.717, 1.165) is 27.4 Å². The van der Waals surface area contributed by atoms with E-state index >= 15 is 0 Å². The largest absolute Gasteiger partial charge is 0.478 e. The topological polar surface area (TPSA) is 46.5 Å². The summed E-state index contributed by atoms with van der Waals surface area (Å²) in [7, 11) is 0. The van der Waals surface area contributed by atoms with Crippen LogP contribution in [0, 0.1) is 13.8 Å². The van der Waals surface area contributed by atoms with Crippen LogP contribution in [0.3, 0.4) is 0 Å². The van der Waals surface area contributed by atoms with Gasteiger partial charge in [-0.2, -0.15) is 0 Å². The van der Waals surface area contributed by atoms with Crippen molar-refractivity contribution in [2.75, 3.05) is 0 Å². The van der Waals surface area contributed by atoms with Gasteiger partial charge in [-0.05, 0) is 43.2 Å². The van der Waals surface area contributed by atoms with Crippen molar-refractivity contribution in [1.29, 1.82) is 0 Å². The first-order valence-corrected chi connectivity index (χ1v) is 7.21. The van der Waals surface area contributed by atoms with E-state index in [2.05, 4.69) is 15.9 Å². The number of para-hydroxylation sites is 1. The second-order valence-electron chi connectivity index (χ2n) is 4.68. The third kappa shape index (κ3) is 3.95. The molecule has 0 aromatic heterocycles. The normalized spacial score (nSPS) is 10.8. The Hall–Kier alpha value is -2.07. The van der Waals surface area contributed by atoms with Crippen molar-refractivity contribution in [3.05, 3.63) is 63.6 Å². The molecular formula is C17H15BrO3. The molecule has 21 heavy (non-hydrogen) atoms. The minimum atomic E-state index is -0.990. The summed E-state index contributed by atoms with van der Waals surface area (Å²) in [4.78, 5) is 10.7. The fourth-order valence-electron chi connectivity index (χ4n) is 1.97. The maximum absolute atomic E-state index is 10.7. The molecule has 0 spiro atoms. The SMILES string of the molecule is Cc1cccc(C)c1Oc1cc(Br)ccc1/C=C/C(=O)O. The summed E-state index contributed by atoms with van der Waals surface area (Å²) in [5.41, 5.74) is 2.77. The molecule has 0 fully saturated rings. The molecule has 0 saturated carbocycles. The van der Waals surface area contributed by atoms with E-state index in [-0.39, 0.29) is 0 Å². The van der Waals surface area contributed by atoms with E-state index in [1.165, 1.54) is 6.08 Å². The van der Waals surface area contributed by atoms with Crippen LogP contribution in [0.1, 0.15) is 16.7 Å². The summed E-state index contributed by atoms with van der Waals surface area (Å²) >= 11 is 3.41. The van der Waals surface area contributed by atoms with Crippen molar-refractivity contribution >= 4 is 28.0 Å². The number of carboxylic acids is 1. The molecule has 108 valence electrons. The van der Waals surface area contributed by atoms with Gasteiger partial charge in [0.15, 0.2) is 0 Å². The number of halogens is 1. The van der Waals surface area contributed by atoms with Gasteiger partial charge in [-0.3, -0.25) is 0 Å². The van der Waals surface area contributed by atoms with Crippen molar-refractivity contribution < 1.29 is 14.6 Å². The lowest BCUT2D eigenvalue weighted by Crippen LogP contribution is -1.93. The fourth-order valence-corrected chi connectivity index (χ4v) is 2.31. The van der Waals surface area contributed by atoms with Crippen LogP contribution in [-0.2, 0) is 4.79 Å². The highest BCUT2D eigenvalue weighted by molar-refractivity contribution is 9.10. The maximum Gasteiger partial charge on any atom is 0.328 e. The molecule has 0 heterocycles. The second kappa shape index (κ2) is 6.59. The molecule has 0 aliphatic carbocycles. The van der Waals surface area contributed by atoms with Crippen LogP contribution in [0.15, 0.2) is 46.9 Å². The summed E-state index contributed by atoms with van der Waals surface area (Å²) in [5.74, 6) is 0.413. The van der Waals surface area contributed by atoms with Gasteiger partial charge in [0, 0.05) is 16.1 Å². The molecule has 0 bridgehead atoms. The van der Waals surface area contributed by atoms with Crippen molar-refractivity contribution in [2.24, 2.45) is 0 Å². The predicted octanol–water partition coefficient (Wildman–Crippen LogP) is 4.96. The molecule has 0 aliphatic heterocycles. The van der Waals surface area contributed by atoms with Crippen LogP contribution < -0.4 is 4.74 Å². The van der Waals surface area contributed by atoms with Gasteiger partial charge in [-0.1, -0.05) is 40.2 Å². The summed E-state index contributed by atoms with van der Waals surface area (Å²) < 4.78 is 6.88. The van der Waals surface area contributed by atoms with E-state index in [4.69, 9.17) is 9.84 Å². The Morgan fingerprint density at radius 3 is 2.48 bits per heavy atom. The van der Waals surface area contributed by atoms with Gasteiger partial charge in [0.25, 0.3) is 0 Å². The number of carboxylic acid groups (broad SMARTS) is 1. The number of aliphatic carboxylic acids is 1. The average molecular weight is 347 g/mol. The molecular weight excluding hydrogens is 332 g/mol. The molecule has 2 aromatic rings. The van der Waals surface area contributed by atoms with Crippen LogP contribution >= 0.6 is 15.9 Å². The lowest BCUT2D eigenvalue weighted by atomic mass is 10.1. The van der Waals surface area contributed by atoms with Crippen LogP contribution in [0.2, 0.25) is 0 Å². The number of rotatable bonds is 4. The molecule has 0 saturated heterocycles. The smallest absolute Gasteiger partial charge is 0.328 e. The quantitative estimate of drug-likeness (QED) is 0.796. The zero-order valence-electron chi connectivity index (χ0n) is 11.8. The van der Waals surface area contributed by atoms with Crippen molar-refractivity contribution in [1.82, 2.24) is 0 Å². The number of benzene rings is 2. The van der Waals surface area contributed by atoms with Gasteiger partial charge in [0.1, 0.15) is 11.5 Å². The molecule has 2 aromatic carbocycles. The zero-order valence-corrected chi connectivity index (χ0v) is 13.3. The van der Waals surface area contributed by atoms with Crippen LogP contribution in [0.5, 0.6) is 11.5 Å². The minimum absolute atomic E-state index is 0.610. The van der Waals surface area contributed by atoms with E-state index in [9.17, 15) is 4.79 Å². The fraction of sp³-hybridized carbons (Fsp3) is 0.118. The monoisotopic (exact) mass is 346 g/mol. The Bertz CT molecular complexity index is 685. The number of aryl methyl sites for hydroxylation is 2. The lowest BCUT2D eigenvalue weighted by molar-refractivity contribution is -0.131. The Labute approximate surface area is 132 Å². The van der Waals surface area contributed by atoms with Crippen molar-refractivity contribution in [2.45, 2.75) is 13.8 Å². The standard InChI is InChI=1S/C17H15BrO3/c1-11-4-3-5-12(2)17(11)21-15-10-14(18)8-6-13(15)7-9-16(19)20/h3-10H,1-2H3,(H,19,20)/b9-7+. The van der Waals surface area contributed by atoms with E-state index in [1.807, 2.05) is 50.2 Å². The number of hydrogen-bond donors (Lipinski definition) is 1. The van der Waals surface area contributed by atoms with E-state index < -0.39 is 5.97 Å². The first-order chi connectivity index (χ1) is 9.97. The molecule has 1 N–H and O–H groups in total. The molecule has 4 heteroatoms. The van der Waals surface area contributed by atoms with Crippen molar-refractivity contribution in [3.63, 3.8) is 0 Å². The van der Waals surface area contributed by atoms with Gasteiger partial charge in [-0.15, -0.1) is 0 Å². The predicted molar refractivity (Wildman–Crippen MR) is 86.8 cm³/mol. The highest BCUT2D eigenvalue weighted by Gasteiger charge is 2.08. The van der Waals surface area contributed by atoms with Gasteiger partial charge < -0.3 is 9.84 Å². The van der Waals surface area contributed by atoms with Gasteiger partial charge in [0.05, 0.1) is 0 Å². The molecule has 0 radical (unpaired) electrons. The van der Waals surface area contributed by atoms with E-state index in [0.29, 0.717) is 11.3 Å². The third-order valence-corrected chi connectivity index (χ3v) is 3.50. The number of ether oxygens (including phenoxy) is 1. The Balaban J connectivity index is 2.43. The molecule has 0 aliphatic rings. The summed E-state index contributed by atoms with van der Waals surface area (Å²) in [5, 5.41) is 8.76. The Morgan fingerprint density at radius 2 is 1.86 bits per heavy atom. The first kappa shape index (κ1) is 15.3. The van der Waals surface area contributed by atoms with Crippen LogP contribution in [0.4, 0.5) is 0 Å².